The first-order chi connectivity index (χ1) is 16.7. The molecule has 4 fully saturated rings. The molecule has 10 nitrogen and oxygen atoms in total. The van der Waals surface area contributed by atoms with Crippen LogP contribution in [0.2, 0.25) is 0 Å². The SMILES string of the molecule is CC1(C)O[C@@H](CC(=O)O)C2(CO)[C@H]3CC[C@@](C)([C@@H](O)c4ccoc4)[C@@]4(O[C@@H]4C(=O)O)[C@]3(C)C(=O)C[C@@H]12. The first-order valence-electron chi connectivity index (χ1n) is 12.4. The van der Waals surface area contributed by atoms with Gasteiger partial charge in [0, 0.05) is 28.7 Å². The average molecular weight is 507 g/mol. The smallest absolute Gasteiger partial charge is 0.335 e. The van der Waals surface area contributed by atoms with E-state index in [-0.39, 0.29) is 25.0 Å². The summed E-state index contributed by atoms with van der Waals surface area (Å²) in [5.41, 5.74) is -5.70. The van der Waals surface area contributed by atoms with Crippen molar-refractivity contribution in [2.24, 2.45) is 28.1 Å². The molecule has 36 heavy (non-hydrogen) atoms. The number of fused-ring (bicyclic) bond motifs is 4. The molecule has 0 bridgehead atoms. The van der Waals surface area contributed by atoms with Gasteiger partial charge in [0.25, 0.3) is 0 Å². The average Bonchev–Trinajstić information content (AvgIpc) is 3.27. The summed E-state index contributed by atoms with van der Waals surface area (Å²) < 4.78 is 17.5. The van der Waals surface area contributed by atoms with Crippen molar-refractivity contribution in [1.82, 2.24) is 0 Å². The van der Waals surface area contributed by atoms with Crippen LogP contribution in [-0.2, 0) is 23.9 Å². The fraction of sp³-hybridized carbons (Fsp3) is 0.731. The van der Waals surface area contributed by atoms with E-state index in [0.29, 0.717) is 12.0 Å². The van der Waals surface area contributed by atoms with E-state index in [4.69, 9.17) is 13.9 Å². The number of aliphatic hydroxyl groups excluding tert-OH is 2. The lowest BCUT2D eigenvalue weighted by molar-refractivity contribution is -0.206. The van der Waals surface area contributed by atoms with Crippen LogP contribution in [0, 0.1) is 28.1 Å². The molecule has 198 valence electrons. The van der Waals surface area contributed by atoms with Crippen LogP contribution in [0.15, 0.2) is 23.0 Å². The molecule has 0 radical (unpaired) electrons. The molecule has 9 atom stereocenters. The molecule has 2 saturated carbocycles. The van der Waals surface area contributed by atoms with E-state index >= 15 is 0 Å². The van der Waals surface area contributed by atoms with Gasteiger partial charge in [0.1, 0.15) is 11.4 Å². The van der Waals surface area contributed by atoms with Gasteiger partial charge in [-0.2, -0.15) is 0 Å². The normalized spacial score (nSPS) is 45.7. The molecule has 4 aliphatic rings. The van der Waals surface area contributed by atoms with Gasteiger partial charge in [-0.3, -0.25) is 9.59 Å². The Morgan fingerprint density at radius 1 is 1.14 bits per heavy atom. The number of ether oxygens (including phenoxy) is 2. The fourth-order valence-corrected chi connectivity index (χ4v) is 8.76. The maximum absolute atomic E-state index is 14.2. The zero-order valence-corrected chi connectivity index (χ0v) is 20.9. The van der Waals surface area contributed by atoms with Crippen molar-refractivity contribution in [3.8, 4) is 0 Å². The zero-order chi connectivity index (χ0) is 26.5. The van der Waals surface area contributed by atoms with E-state index in [9.17, 15) is 34.8 Å². The van der Waals surface area contributed by atoms with E-state index in [2.05, 4.69) is 0 Å². The summed E-state index contributed by atoms with van der Waals surface area (Å²) >= 11 is 0. The molecule has 1 unspecified atom stereocenters. The standard InChI is InChI=1S/C26H34O10/c1-22(2)15-9-16(28)24(4)14(25(15,12-27)17(35-22)10-18(29)30)5-7-23(3,19(31)13-6-8-34-11-13)26(24)20(36-26)21(32)33/h6,8,11,14-15,17,19-20,27,31H,5,7,9-10,12H2,1-4H3,(H,29,30)(H,32,33)/t14-,15-,17-,19-,20+,23-,24-,25?,26+/m0/s1. The third-order valence-electron chi connectivity index (χ3n) is 10.4. The second-order valence-corrected chi connectivity index (χ2v) is 12.0. The number of Topliss-reactive ketones (excluding diaryl/α,β-unsaturated/α-hetero) is 1. The van der Waals surface area contributed by atoms with Crippen LogP contribution in [0.4, 0.5) is 0 Å². The summed E-state index contributed by atoms with van der Waals surface area (Å²) in [7, 11) is 0. The highest BCUT2D eigenvalue weighted by Crippen LogP contribution is 2.77. The number of furan rings is 1. The van der Waals surface area contributed by atoms with Crippen molar-refractivity contribution in [3.05, 3.63) is 24.2 Å². The Morgan fingerprint density at radius 2 is 1.83 bits per heavy atom. The Labute approximate surface area is 208 Å². The van der Waals surface area contributed by atoms with Crippen molar-refractivity contribution in [2.45, 2.75) is 82.9 Å². The van der Waals surface area contributed by atoms with Gasteiger partial charge in [0.2, 0.25) is 0 Å². The summed E-state index contributed by atoms with van der Waals surface area (Å²) in [4.78, 5) is 38.4. The van der Waals surface area contributed by atoms with Gasteiger partial charge in [-0.15, -0.1) is 0 Å². The second kappa shape index (κ2) is 7.63. The molecule has 1 aromatic heterocycles. The summed E-state index contributed by atoms with van der Waals surface area (Å²) in [6, 6.07) is 1.60. The number of epoxide rings is 1. The van der Waals surface area contributed by atoms with E-state index in [1.165, 1.54) is 12.5 Å². The molecule has 1 spiro atoms. The maximum Gasteiger partial charge on any atom is 0.335 e. The maximum atomic E-state index is 14.2. The summed E-state index contributed by atoms with van der Waals surface area (Å²) in [6.45, 7) is 6.61. The van der Waals surface area contributed by atoms with Crippen LogP contribution in [-0.4, -0.2) is 68.2 Å². The number of hydrogen-bond acceptors (Lipinski definition) is 8. The molecule has 4 N–H and O–H groups in total. The number of hydrogen-bond donors (Lipinski definition) is 4. The lowest BCUT2D eigenvalue weighted by Gasteiger charge is -2.63. The van der Waals surface area contributed by atoms with Crippen LogP contribution in [0.1, 0.15) is 65.0 Å². The zero-order valence-electron chi connectivity index (χ0n) is 20.9. The van der Waals surface area contributed by atoms with Gasteiger partial charge in [0.15, 0.2) is 6.10 Å². The summed E-state index contributed by atoms with van der Waals surface area (Å²) in [6.07, 6.45) is -0.348. The van der Waals surface area contributed by atoms with Gasteiger partial charge in [-0.1, -0.05) is 6.92 Å². The minimum Gasteiger partial charge on any atom is -0.481 e. The van der Waals surface area contributed by atoms with E-state index in [1.807, 2.05) is 0 Å². The number of rotatable bonds is 6. The van der Waals surface area contributed by atoms with Gasteiger partial charge >= 0.3 is 11.9 Å². The van der Waals surface area contributed by atoms with E-state index < -0.39 is 76.1 Å². The Kier molecular flexibility index (Phi) is 5.38. The van der Waals surface area contributed by atoms with Gasteiger partial charge in [0.05, 0.1) is 48.8 Å². The summed E-state index contributed by atoms with van der Waals surface area (Å²) in [5.74, 6) is -3.63. The quantitative estimate of drug-likeness (QED) is 0.420. The number of carboxylic acid groups (broad SMARTS) is 2. The Bertz CT molecular complexity index is 1100. The van der Waals surface area contributed by atoms with Crippen molar-refractivity contribution in [2.75, 3.05) is 6.61 Å². The molecule has 5 rings (SSSR count). The fourth-order valence-electron chi connectivity index (χ4n) is 8.76. The van der Waals surface area contributed by atoms with Crippen molar-refractivity contribution in [1.29, 1.82) is 0 Å². The molecule has 10 heteroatoms. The van der Waals surface area contributed by atoms with E-state index in [0.717, 1.165) is 0 Å². The molecule has 1 aromatic rings. The Hall–Kier alpha value is -2.27. The highest BCUT2D eigenvalue weighted by molar-refractivity contribution is 5.92. The highest BCUT2D eigenvalue weighted by atomic mass is 16.6. The molecule has 2 aliphatic carbocycles. The second-order valence-electron chi connectivity index (χ2n) is 12.0. The van der Waals surface area contributed by atoms with Gasteiger partial charge in [-0.25, -0.2) is 4.79 Å². The minimum absolute atomic E-state index is 0.0218. The molecule has 2 aliphatic heterocycles. The lowest BCUT2D eigenvalue weighted by atomic mass is 9.37. The number of carbonyl (C=O) groups is 3. The van der Waals surface area contributed by atoms with E-state index in [1.54, 1.807) is 33.8 Å². The first-order valence-corrected chi connectivity index (χ1v) is 12.4. The number of aliphatic carboxylic acids is 2. The third-order valence-corrected chi connectivity index (χ3v) is 10.4. The molecule has 3 heterocycles. The molecule has 0 amide bonds. The van der Waals surface area contributed by atoms with Gasteiger partial charge in [-0.05, 0) is 45.6 Å². The molecular formula is C26H34O10. The number of carbonyl (C=O) groups excluding carboxylic acids is 1. The number of aliphatic hydroxyl groups is 2. The van der Waals surface area contributed by atoms with Crippen LogP contribution < -0.4 is 0 Å². The lowest BCUT2D eigenvalue weighted by Crippen LogP contribution is -2.71. The van der Waals surface area contributed by atoms with Crippen molar-refractivity contribution < 1.29 is 48.7 Å². The monoisotopic (exact) mass is 506 g/mol. The minimum atomic E-state index is -1.57. The number of ketones is 1. The van der Waals surface area contributed by atoms with Crippen LogP contribution >= 0.6 is 0 Å². The highest BCUT2D eigenvalue weighted by Gasteiger charge is 2.87. The van der Waals surface area contributed by atoms with Crippen LogP contribution in [0.3, 0.4) is 0 Å². The predicted molar refractivity (Wildman–Crippen MR) is 122 cm³/mol. The van der Waals surface area contributed by atoms with Crippen molar-refractivity contribution in [3.63, 3.8) is 0 Å². The predicted octanol–water partition coefficient (Wildman–Crippen LogP) is 2.18. The largest absolute Gasteiger partial charge is 0.481 e. The van der Waals surface area contributed by atoms with Gasteiger partial charge < -0.3 is 34.3 Å². The molecular weight excluding hydrogens is 472 g/mol. The third kappa shape index (κ3) is 2.78. The first kappa shape index (κ1) is 25.4. The molecule has 2 saturated heterocycles. The topological polar surface area (TPSA) is 167 Å². The Balaban J connectivity index is 1.70. The van der Waals surface area contributed by atoms with Crippen LogP contribution in [0.5, 0.6) is 0 Å². The van der Waals surface area contributed by atoms with Crippen molar-refractivity contribution >= 4 is 17.7 Å². The molecule has 0 aromatic carbocycles. The van der Waals surface area contributed by atoms with Crippen LogP contribution in [0.25, 0.3) is 0 Å². The summed E-state index contributed by atoms with van der Waals surface area (Å²) in [5, 5.41) is 42.2. The number of carboxylic acids is 2. The Morgan fingerprint density at radius 3 is 2.36 bits per heavy atom.